The van der Waals surface area contributed by atoms with Gasteiger partial charge in [0.05, 0.1) is 35.1 Å². The van der Waals surface area contributed by atoms with Crippen molar-refractivity contribution in [2.24, 2.45) is 10.9 Å². The summed E-state index contributed by atoms with van der Waals surface area (Å²) in [7, 11) is 0. The van der Waals surface area contributed by atoms with Crippen molar-refractivity contribution < 1.29 is 27.1 Å². The predicted octanol–water partition coefficient (Wildman–Crippen LogP) is 5.70. The molecule has 160 valence electrons. The van der Waals surface area contributed by atoms with E-state index in [1.807, 2.05) is 6.92 Å². The van der Waals surface area contributed by atoms with E-state index in [1.165, 1.54) is 0 Å². The second-order valence-corrected chi connectivity index (χ2v) is 7.69. The topological polar surface area (TPSA) is 43.0 Å². The van der Waals surface area contributed by atoms with Gasteiger partial charge < -0.3 is 9.58 Å². The van der Waals surface area contributed by atoms with Gasteiger partial charge >= 0.3 is 12.1 Å². The van der Waals surface area contributed by atoms with Crippen molar-refractivity contribution >= 4 is 11.7 Å². The number of aliphatic imine (C=N–C) groups is 1. The van der Waals surface area contributed by atoms with Gasteiger partial charge in [-0.3, -0.25) is 4.99 Å². The Morgan fingerprint density at radius 1 is 1.33 bits per heavy atom. The summed E-state index contributed by atoms with van der Waals surface area (Å²) < 4.78 is 60.3. The molecular formula is C22H22F4N2O2. The maximum atomic E-state index is 13.7. The molecular weight excluding hydrogens is 400 g/mol. The molecule has 3 rings (SSSR count). The minimum absolute atomic E-state index is 0.0267. The van der Waals surface area contributed by atoms with Gasteiger partial charge in [-0.2, -0.15) is 13.2 Å². The zero-order valence-electron chi connectivity index (χ0n) is 16.7. The maximum Gasteiger partial charge on any atom is 0.416 e. The fraction of sp³-hybridized carbons (Fsp3) is 0.500. The number of rotatable bonds is 6. The molecule has 0 saturated heterocycles. The van der Waals surface area contributed by atoms with E-state index < -0.39 is 35.5 Å². The number of benzene rings is 1. The van der Waals surface area contributed by atoms with Crippen LogP contribution in [-0.4, -0.2) is 24.3 Å². The minimum Gasteiger partial charge on any atom is -0.462 e. The van der Waals surface area contributed by atoms with Gasteiger partial charge in [0, 0.05) is 0 Å². The van der Waals surface area contributed by atoms with Crippen LogP contribution in [0.1, 0.15) is 56.6 Å². The first-order valence-electron chi connectivity index (χ1n) is 9.85. The first-order valence-corrected chi connectivity index (χ1v) is 9.85. The number of allylic oxidation sites excluding steroid dienone is 1. The first kappa shape index (κ1) is 22.0. The van der Waals surface area contributed by atoms with Crippen LogP contribution in [0.2, 0.25) is 0 Å². The Morgan fingerprint density at radius 3 is 2.60 bits per heavy atom. The van der Waals surface area contributed by atoms with Crippen LogP contribution in [0.15, 0.2) is 34.5 Å². The Bertz CT molecular complexity index is 939. The van der Waals surface area contributed by atoms with E-state index in [2.05, 4.69) is 9.84 Å². The largest absolute Gasteiger partial charge is 0.462 e. The van der Waals surface area contributed by atoms with Gasteiger partial charge in [-0.15, -0.1) is 0 Å². The molecule has 8 heteroatoms. The molecule has 0 bridgehead atoms. The van der Waals surface area contributed by atoms with Gasteiger partial charge in [0.25, 0.3) is 6.04 Å². The van der Waals surface area contributed by atoms with Gasteiger partial charge in [0.1, 0.15) is 5.82 Å². The molecule has 1 aliphatic heterocycles. The molecule has 2 aliphatic rings. The average Bonchev–Trinajstić information content (AvgIpc) is 3.50. The maximum absolute atomic E-state index is 13.7. The van der Waals surface area contributed by atoms with Crippen LogP contribution in [0.5, 0.6) is 0 Å². The summed E-state index contributed by atoms with van der Waals surface area (Å²) in [6, 6.07) is 1.22. The van der Waals surface area contributed by atoms with Gasteiger partial charge in [-0.1, -0.05) is 19.4 Å². The number of nitrogens with zero attached hydrogens (tertiary/aromatic N) is 2. The van der Waals surface area contributed by atoms with Gasteiger partial charge in [-0.05, 0) is 49.8 Å². The fourth-order valence-electron chi connectivity index (χ4n) is 3.68. The predicted molar refractivity (Wildman–Crippen MR) is 103 cm³/mol. The summed E-state index contributed by atoms with van der Waals surface area (Å²) in [5, 5.41) is 0. The Balaban J connectivity index is 2.18. The Morgan fingerprint density at radius 2 is 2.03 bits per heavy atom. The molecule has 0 N–H and O–H groups in total. The highest BCUT2D eigenvalue weighted by Gasteiger charge is 2.47. The number of carbonyl (C=O) groups excluding carboxylic acids is 1. The standard InChI is InChI=1S/C22H22F4N2O2/c1-4-5-17-19(21(29)30-11-13-6-7-13)18(20(27-3)12(2)28-17)15-9-8-14(23)10-16(15)22(24,25)26/h8-10,13,18,20H,4-7,11H2,1-2H3. The number of hydrogen-bond acceptors (Lipinski definition) is 3. The smallest absolute Gasteiger partial charge is 0.416 e. The third kappa shape index (κ3) is 4.55. The summed E-state index contributed by atoms with van der Waals surface area (Å²) in [6.07, 6.45) is -2.00. The third-order valence-electron chi connectivity index (χ3n) is 5.33. The third-order valence-corrected chi connectivity index (χ3v) is 5.33. The Labute approximate surface area is 172 Å². The molecule has 2 atom stereocenters. The number of halogens is 4. The molecule has 1 fully saturated rings. The van der Waals surface area contributed by atoms with Crippen LogP contribution in [0.3, 0.4) is 0 Å². The zero-order valence-corrected chi connectivity index (χ0v) is 16.7. The van der Waals surface area contributed by atoms with E-state index in [0.717, 1.165) is 25.0 Å². The van der Waals surface area contributed by atoms with E-state index in [-0.39, 0.29) is 23.7 Å². The lowest BCUT2D eigenvalue weighted by Crippen LogP contribution is -2.34. The van der Waals surface area contributed by atoms with Crippen molar-refractivity contribution in [1.29, 1.82) is 0 Å². The highest BCUT2D eigenvalue weighted by molar-refractivity contribution is 6.00. The molecule has 1 heterocycles. The molecule has 0 spiro atoms. The van der Waals surface area contributed by atoms with Crippen LogP contribution >= 0.6 is 0 Å². The Kier molecular flexibility index (Phi) is 6.30. The fourth-order valence-corrected chi connectivity index (χ4v) is 3.68. The molecule has 1 aromatic carbocycles. The summed E-state index contributed by atoms with van der Waals surface area (Å²) in [5.74, 6) is -2.75. The molecule has 30 heavy (non-hydrogen) atoms. The quantitative estimate of drug-likeness (QED) is 0.335. The van der Waals surface area contributed by atoms with Crippen molar-refractivity contribution in [3.05, 3.63) is 57.8 Å². The second kappa shape index (κ2) is 8.58. The van der Waals surface area contributed by atoms with Crippen molar-refractivity contribution in [2.45, 2.75) is 57.7 Å². The number of alkyl halides is 3. The van der Waals surface area contributed by atoms with Gasteiger partial charge in [-0.25, -0.2) is 15.8 Å². The molecule has 1 aromatic rings. The van der Waals surface area contributed by atoms with Crippen LogP contribution in [-0.2, 0) is 15.7 Å². The second-order valence-electron chi connectivity index (χ2n) is 7.69. The summed E-state index contributed by atoms with van der Waals surface area (Å²) >= 11 is 0. The molecule has 0 aromatic heterocycles. The van der Waals surface area contributed by atoms with E-state index in [9.17, 15) is 22.4 Å². The lowest BCUT2D eigenvalue weighted by atomic mass is 9.77. The molecule has 1 aliphatic carbocycles. The summed E-state index contributed by atoms with van der Waals surface area (Å²) in [5.41, 5.74) is -0.876. The molecule has 4 nitrogen and oxygen atoms in total. The van der Waals surface area contributed by atoms with Crippen LogP contribution < -0.4 is 0 Å². The SMILES string of the molecule is [C-]#[N+]C1C(C)=NC(CCC)=C(C(=O)OCC2CC2)C1c1ccc(F)cc1C(F)(F)F. The van der Waals surface area contributed by atoms with Crippen LogP contribution in [0.25, 0.3) is 4.85 Å². The highest BCUT2D eigenvalue weighted by atomic mass is 19.4. The number of esters is 1. The minimum atomic E-state index is -4.85. The Hall–Kier alpha value is -2.69. The normalized spacial score (nSPS) is 21.8. The van der Waals surface area contributed by atoms with Crippen molar-refractivity contribution in [3.63, 3.8) is 0 Å². The first-order chi connectivity index (χ1) is 14.2. The zero-order chi connectivity index (χ0) is 22.1. The van der Waals surface area contributed by atoms with Crippen molar-refractivity contribution in [3.8, 4) is 0 Å². The number of hydrogen-bond donors (Lipinski definition) is 0. The number of ether oxygens (including phenoxy) is 1. The number of carbonyl (C=O) groups is 1. The molecule has 2 unspecified atom stereocenters. The van der Waals surface area contributed by atoms with E-state index in [0.29, 0.717) is 30.3 Å². The van der Waals surface area contributed by atoms with E-state index >= 15 is 0 Å². The highest BCUT2D eigenvalue weighted by Crippen LogP contribution is 2.44. The van der Waals surface area contributed by atoms with E-state index in [1.54, 1.807) is 6.92 Å². The molecule has 1 saturated carbocycles. The van der Waals surface area contributed by atoms with Crippen molar-refractivity contribution in [1.82, 2.24) is 0 Å². The average molecular weight is 422 g/mol. The lowest BCUT2D eigenvalue weighted by Gasteiger charge is -2.29. The van der Waals surface area contributed by atoms with Crippen molar-refractivity contribution in [2.75, 3.05) is 6.61 Å². The summed E-state index contributed by atoms with van der Waals surface area (Å²) in [4.78, 5) is 20.9. The lowest BCUT2D eigenvalue weighted by molar-refractivity contribution is -0.141. The summed E-state index contributed by atoms with van der Waals surface area (Å²) in [6.45, 7) is 11.2. The van der Waals surface area contributed by atoms with E-state index in [4.69, 9.17) is 11.3 Å². The monoisotopic (exact) mass is 422 g/mol. The molecule has 0 radical (unpaired) electrons. The van der Waals surface area contributed by atoms with Gasteiger partial charge in [0.2, 0.25) is 0 Å². The van der Waals surface area contributed by atoms with Crippen LogP contribution in [0.4, 0.5) is 17.6 Å². The van der Waals surface area contributed by atoms with Gasteiger partial charge in [0.15, 0.2) is 0 Å². The molecule has 0 amide bonds. The van der Waals surface area contributed by atoms with Crippen LogP contribution in [0, 0.1) is 18.3 Å².